The Kier molecular flexibility index (Phi) is 4.53. The summed E-state index contributed by atoms with van der Waals surface area (Å²) in [5, 5.41) is 22.4. The molecule has 5 heteroatoms. The Bertz CT molecular complexity index is 586. The van der Waals surface area contributed by atoms with Crippen molar-refractivity contribution >= 4 is 11.9 Å². The normalized spacial score (nSPS) is 20.2. The lowest BCUT2D eigenvalue weighted by molar-refractivity contribution is 0.0694. The molecule has 2 rings (SSSR count). The summed E-state index contributed by atoms with van der Waals surface area (Å²) in [5.74, 6) is -1.91. The van der Waals surface area contributed by atoms with Crippen molar-refractivity contribution in [2.75, 3.05) is 0 Å². The van der Waals surface area contributed by atoms with Crippen LogP contribution in [-0.4, -0.2) is 33.2 Å². The van der Waals surface area contributed by atoms with E-state index >= 15 is 0 Å². The molecule has 126 valence electrons. The number of carbonyl (C=O) groups is 2. The van der Waals surface area contributed by atoms with Crippen LogP contribution in [-0.2, 0) is 6.42 Å². The van der Waals surface area contributed by atoms with Crippen LogP contribution in [0.25, 0.3) is 0 Å². The van der Waals surface area contributed by atoms with Crippen LogP contribution in [0.15, 0.2) is 18.2 Å². The molecule has 5 nitrogen and oxygen atoms in total. The maximum absolute atomic E-state index is 11.5. The van der Waals surface area contributed by atoms with Crippen LogP contribution in [0, 0.1) is 5.92 Å². The molecular formula is C18H25NO4. The number of carboxylic acids is 2. The van der Waals surface area contributed by atoms with Crippen LogP contribution in [0.1, 0.15) is 66.8 Å². The Labute approximate surface area is 136 Å². The van der Waals surface area contributed by atoms with Crippen molar-refractivity contribution in [3.63, 3.8) is 0 Å². The summed E-state index contributed by atoms with van der Waals surface area (Å²) < 4.78 is 0. The molecule has 1 fully saturated rings. The van der Waals surface area contributed by atoms with Gasteiger partial charge in [0.1, 0.15) is 0 Å². The zero-order valence-corrected chi connectivity index (χ0v) is 14.1. The molecule has 23 heavy (non-hydrogen) atoms. The average molecular weight is 319 g/mol. The first-order chi connectivity index (χ1) is 10.5. The third-order valence-electron chi connectivity index (χ3n) is 4.40. The van der Waals surface area contributed by atoms with Gasteiger partial charge >= 0.3 is 11.9 Å². The van der Waals surface area contributed by atoms with E-state index in [9.17, 15) is 19.8 Å². The third-order valence-corrected chi connectivity index (χ3v) is 4.40. The molecule has 0 amide bonds. The molecule has 0 saturated carbocycles. The van der Waals surface area contributed by atoms with Gasteiger partial charge in [-0.2, -0.15) is 0 Å². The summed E-state index contributed by atoms with van der Waals surface area (Å²) >= 11 is 0. The predicted molar refractivity (Wildman–Crippen MR) is 88.1 cm³/mol. The van der Waals surface area contributed by atoms with E-state index in [4.69, 9.17) is 0 Å². The molecule has 3 N–H and O–H groups in total. The van der Waals surface area contributed by atoms with Crippen LogP contribution >= 0.6 is 0 Å². The Balaban J connectivity index is 2.39. The molecule has 1 heterocycles. The van der Waals surface area contributed by atoms with Crippen molar-refractivity contribution in [3.05, 3.63) is 34.9 Å². The van der Waals surface area contributed by atoms with Gasteiger partial charge in [0, 0.05) is 11.1 Å². The average Bonchev–Trinajstić information content (AvgIpc) is 2.34. The van der Waals surface area contributed by atoms with E-state index in [0.717, 1.165) is 12.8 Å². The second kappa shape index (κ2) is 5.96. The zero-order valence-electron chi connectivity index (χ0n) is 14.1. The zero-order chi connectivity index (χ0) is 17.4. The molecule has 1 saturated heterocycles. The maximum Gasteiger partial charge on any atom is 0.335 e. The van der Waals surface area contributed by atoms with E-state index in [-0.39, 0.29) is 28.1 Å². The summed E-state index contributed by atoms with van der Waals surface area (Å²) in [6.07, 6.45) is 2.23. The number of benzene rings is 1. The van der Waals surface area contributed by atoms with Crippen LogP contribution < -0.4 is 5.32 Å². The number of aromatic carboxylic acids is 2. The largest absolute Gasteiger partial charge is 0.478 e. The lowest BCUT2D eigenvalue weighted by Crippen LogP contribution is -2.58. The van der Waals surface area contributed by atoms with Crippen molar-refractivity contribution in [2.24, 2.45) is 5.92 Å². The van der Waals surface area contributed by atoms with E-state index in [1.165, 1.54) is 18.2 Å². The number of hydrogen-bond donors (Lipinski definition) is 3. The lowest BCUT2D eigenvalue weighted by Gasteiger charge is -2.46. The molecule has 0 unspecified atom stereocenters. The highest BCUT2D eigenvalue weighted by Gasteiger charge is 2.38. The van der Waals surface area contributed by atoms with Gasteiger partial charge in [-0.05, 0) is 70.6 Å². The fourth-order valence-electron chi connectivity index (χ4n) is 4.17. The van der Waals surface area contributed by atoms with Crippen molar-refractivity contribution in [2.45, 2.75) is 58.0 Å². The molecule has 1 aliphatic heterocycles. The Hall–Kier alpha value is -1.88. The number of carboxylic acid groups (broad SMARTS) is 2. The SMILES string of the molecule is CC1(C)CC(Cc2c(C(=O)O)cccc2C(=O)O)CC(C)(C)N1. The van der Waals surface area contributed by atoms with Crippen molar-refractivity contribution in [1.29, 1.82) is 0 Å². The first-order valence-electron chi connectivity index (χ1n) is 7.88. The molecule has 0 spiro atoms. The minimum atomic E-state index is -1.07. The van der Waals surface area contributed by atoms with E-state index in [0.29, 0.717) is 12.0 Å². The summed E-state index contributed by atoms with van der Waals surface area (Å²) in [5.41, 5.74) is 0.506. The minimum absolute atomic E-state index is 0.0615. The number of rotatable bonds is 4. The second-order valence-electron chi connectivity index (χ2n) is 7.81. The summed E-state index contributed by atoms with van der Waals surface area (Å²) in [6, 6.07) is 4.47. The standard InChI is InChI=1S/C18H25NO4/c1-17(2)9-11(10-18(3,4)19-17)8-14-12(15(20)21)6-5-7-13(14)16(22)23/h5-7,11,19H,8-10H2,1-4H3,(H,20,21)(H,22,23). The van der Waals surface area contributed by atoms with Crippen LogP contribution in [0.3, 0.4) is 0 Å². The fraction of sp³-hybridized carbons (Fsp3) is 0.556. The molecule has 1 aromatic carbocycles. The lowest BCUT2D eigenvalue weighted by atomic mass is 9.73. The summed E-state index contributed by atoms with van der Waals surface area (Å²) in [6.45, 7) is 8.51. The van der Waals surface area contributed by atoms with Gasteiger partial charge in [0.15, 0.2) is 0 Å². The molecule has 0 aromatic heterocycles. The number of hydrogen-bond acceptors (Lipinski definition) is 3. The third kappa shape index (κ3) is 4.10. The molecule has 0 radical (unpaired) electrons. The Morgan fingerprint density at radius 1 is 1.04 bits per heavy atom. The van der Waals surface area contributed by atoms with Crippen LogP contribution in [0.4, 0.5) is 0 Å². The smallest absolute Gasteiger partial charge is 0.335 e. The van der Waals surface area contributed by atoms with Crippen molar-refractivity contribution in [1.82, 2.24) is 5.32 Å². The van der Waals surface area contributed by atoms with Gasteiger partial charge in [-0.15, -0.1) is 0 Å². The monoisotopic (exact) mass is 319 g/mol. The van der Waals surface area contributed by atoms with Crippen molar-refractivity contribution in [3.8, 4) is 0 Å². The number of piperidine rings is 1. The van der Waals surface area contributed by atoms with E-state index < -0.39 is 11.9 Å². The molecule has 1 aliphatic rings. The van der Waals surface area contributed by atoms with Crippen molar-refractivity contribution < 1.29 is 19.8 Å². The number of nitrogens with one attached hydrogen (secondary N) is 1. The summed E-state index contributed by atoms with van der Waals surface area (Å²) in [7, 11) is 0. The van der Waals surface area contributed by atoms with Gasteiger partial charge in [0.25, 0.3) is 0 Å². The Morgan fingerprint density at radius 3 is 1.87 bits per heavy atom. The molecule has 0 bridgehead atoms. The van der Waals surface area contributed by atoms with Gasteiger partial charge in [0.2, 0.25) is 0 Å². The molecular weight excluding hydrogens is 294 g/mol. The van der Waals surface area contributed by atoms with Gasteiger partial charge in [-0.25, -0.2) is 9.59 Å². The van der Waals surface area contributed by atoms with E-state index in [1.807, 2.05) is 0 Å². The van der Waals surface area contributed by atoms with Gasteiger partial charge in [-0.3, -0.25) is 0 Å². The first kappa shape index (κ1) is 17.5. The highest BCUT2D eigenvalue weighted by molar-refractivity contribution is 5.96. The van der Waals surface area contributed by atoms with E-state index in [2.05, 4.69) is 33.0 Å². The van der Waals surface area contributed by atoms with E-state index in [1.54, 1.807) is 0 Å². The molecule has 1 aromatic rings. The fourth-order valence-corrected chi connectivity index (χ4v) is 4.17. The highest BCUT2D eigenvalue weighted by Crippen LogP contribution is 2.35. The van der Waals surface area contributed by atoms with Crippen LogP contribution in [0.5, 0.6) is 0 Å². The quantitative estimate of drug-likeness (QED) is 0.793. The minimum Gasteiger partial charge on any atom is -0.478 e. The van der Waals surface area contributed by atoms with Gasteiger partial charge < -0.3 is 15.5 Å². The first-order valence-corrected chi connectivity index (χ1v) is 7.88. The maximum atomic E-state index is 11.5. The molecule has 0 aliphatic carbocycles. The van der Waals surface area contributed by atoms with Crippen LogP contribution in [0.2, 0.25) is 0 Å². The predicted octanol–water partition coefficient (Wildman–Crippen LogP) is 3.18. The second-order valence-corrected chi connectivity index (χ2v) is 7.81. The Morgan fingerprint density at radius 2 is 1.48 bits per heavy atom. The topological polar surface area (TPSA) is 86.6 Å². The highest BCUT2D eigenvalue weighted by atomic mass is 16.4. The van der Waals surface area contributed by atoms with Gasteiger partial charge in [-0.1, -0.05) is 6.07 Å². The molecule has 0 atom stereocenters. The summed E-state index contributed by atoms with van der Waals surface area (Å²) in [4.78, 5) is 23.0. The van der Waals surface area contributed by atoms with Gasteiger partial charge in [0.05, 0.1) is 11.1 Å².